The van der Waals surface area contributed by atoms with Crippen LogP contribution < -0.4 is 4.74 Å². The minimum Gasteiger partial charge on any atom is -0.491 e. The van der Waals surface area contributed by atoms with E-state index in [4.69, 9.17) is 9.84 Å². The van der Waals surface area contributed by atoms with E-state index in [2.05, 4.69) is 10.1 Å². The average molecular weight is 263 g/mol. The molecule has 0 aliphatic rings. The fourth-order valence-electron chi connectivity index (χ4n) is 1.48. The second kappa shape index (κ2) is 5.96. The highest BCUT2D eigenvalue weighted by Gasteiger charge is 2.07. The SMILES string of the molecule is O=C(O)c1ccc(OCC(O)Cn2cncn2)cc1. The molecule has 1 atom stereocenters. The summed E-state index contributed by atoms with van der Waals surface area (Å²) in [6.07, 6.45) is 2.17. The summed E-state index contributed by atoms with van der Waals surface area (Å²) < 4.78 is 6.85. The number of carbonyl (C=O) groups is 1. The molecule has 1 unspecified atom stereocenters. The molecule has 0 bridgehead atoms. The van der Waals surface area contributed by atoms with Crippen LogP contribution in [0, 0.1) is 0 Å². The maximum absolute atomic E-state index is 10.7. The van der Waals surface area contributed by atoms with Crippen LogP contribution in [0.5, 0.6) is 5.75 Å². The van der Waals surface area contributed by atoms with E-state index in [1.807, 2.05) is 0 Å². The molecular formula is C12H13N3O4. The van der Waals surface area contributed by atoms with E-state index >= 15 is 0 Å². The number of ether oxygens (including phenoxy) is 1. The molecule has 2 rings (SSSR count). The zero-order valence-electron chi connectivity index (χ0n) is 10.0. The molecule has 0 aliphatic heterocycles. The van der Waals surface area contributed by atoms with Crippen molar-refractivity contribution >= 4 is 5.97 Å². The molecule has 7 nitrogen and oxygen atoms in total. The molecule has 7 heteroatoms. The highest BCUT2D eigenvalue weighted by atomic mass is 16.5. The topological polar surface area (TPSA) is 97.5 Å². The van der Waals surface area contributed by atoms with Gasteiger partial charge >= 0.3 is 5.97 Å². The summed E-state index contributed by atoms with van der Waals surface area (Å²) >= 11 is 0. The van der Waals surface area contributed by atoms with E-state index in [0.29, 0.717) is 5.75 Å². The third-order valence-electron chi connectivity index (χ3n) is 2.41. The monoisotopic (exact) mass is 263 g/mol. The van der Waals surface area contributed by atoms with Crippen LogP contribution in [-0.4, -0.2) is 43.7 Å². The van der Waals surface area contributed by atoms with Crippen LogP contribution >= 0.6 is 0 Å². The van der Waals surface area contributed by atoms with Crippen LogP contribution in [-0.2, 0) is 6.54 Å². The lowest BCUT2D eigenvalue weighted by Gasteiger charge is -2.12. The van der Waals surface area contributed by atoms with E-state index in [1.54, 1.807) is 12.1 Å². The summed E-state index contributed by atoms with van der Waals surface area (Å²) in [6, 6.07) is 5.99. The molecule has 1 heterocycles. The zero-order chi connectivity index (χ0) is 13.7. The van der Waals surface area contributed by atoms with E-state index in [-0.39, 0.29) is 18.7 Å². The third kappa shape index (κ3) is 3.78. The van der Waals surface area contributed by atoms with Gasteiger partial charge in [0.25, 0.3) is 0 Å². The zero-order valence-corrected chi connectivity index (χ0v) is 10.0. The molecule has 0 amide bonds. The average Bonchev–Trinajstić information content (AvgIpc) is 2.89. The number of carboxylic acids is 1. The normalized spacial score (nSPS) is 12.1. The number of nitrogens with zero attached hydrogens (tertiary/aromatic N) is 3. The Balaban J connectivity index is 1.83. The molecule has 0 radical (unpaired) electrons. The van der Waals surface area contributed by atoms with Crippen molar-refractivity contribution in [2.45, 2.75) is 12.6 Å². The quantitative estimate of drug-likeness (QED) is 0.783. The Morgan fingerprint density at radius 1 is 1.37 bits per heavy atom. The second-order valence-corrected chi connectivity index (χ2v) is 3.91. The molecule has 0 spiro atoms. The lowest BCUT2D eigenvalue weighted by Crippen LogP contribution is -2.23. The highest BCUT2D eigenvalue weighted by Crippen LogP contribution is 2.12. The van der Waals surface area contributed by atoms with Crippen molar-refractivity contribution in [2.24, 2.45) is 0 Å². The minimum absolute atomic E-state index is 0.0896. The Bertz CT molecular complexity index is 524. The molecule has 0 aliphatic carbocycles. The molecule has 0 fully saturated rings. The fraction of sp³-hybridized carbons (Fsp3) is 0.250. The highest BCUT2D eigenvalue weighted by molar-refractivity contribution is 5.87. The van der Waals surface area contributed by atoms with Gasteiger partial charge in [-0.15, -0.1) is 0 Å². The maximum atomic E-state index is 10.7. The summed E-state index contributed by atoms with van der Waals surface area (Å²) in [5.74, 6) is -0.486. The molecule has 19 heavy (non-hydrogen) atoms. The van der Waals surface area contributed by atoms with Gasteiger partial charge in [-0.1, -0.05) is 0 Å². The molecule has 1 aromatic heterocycles. The van der Waals surface area contributed by atoms with Crippen LogP contribution in [0.25, 0.3) is 0 Å². The van der Waals surface area contributed by atoms with Gasteiger partial charge in [0, 0.05) is 0 Å². The standard InChI is InChI=1S/C12H13N3O4/c16-10(5-15-8-13-7-14-15)6-19-11-3-1-9(2-4-11)12(17)18/h1-4,7-8,10,16H,5-6H2,(H,17,18). The van der Waals surface area contributed by atoms with Crippen LogP contribution in [0.4, 0.5) is 0 Å². The Morgan fingerprint density at radius 3 is 2.68 bits per heavy atom. The van der Waals surface area contributed by atoms with E-state index in [1.165, 1.54) is 29.5 Å². The summed E-state index contributed by atoms with van der Waals surface area (Å²) in [5.41, 5.74) is 0.190. The molecule has 0 saturated heterocycles. The Hall–Kier alpha value is -2.41. The number of aliphatic hydroxyl groups is 1. The number of hydrogen-bond acceptors (Lipinski definition) is 5. The molecule has 2 N–H and O–H groups in total. The predicted molar refractivity (Wildman–Crippen MR) is 64.9 cm³/mol. The van der Waals surface area contributed by atoms with Crippen molar-refractivity contribution < 1.29 is 19.7 Å². The van der Waals surface area contributed by atoms with E-state index in [9.17, 15) is 9.90 Å². The Kier molecular flexibility index (Phi) is 4.09. The van der Waals surface area contributed by atoms with Gasteiger partial charge in [0.05, 0.1) is 12.1 Å². The number of aromatic carboxylic acids is 1. The van der Waals surface area contributed by atoms with Gasteiger partial charge in [0.1, 0.15) is 31.1 Å². The number of benzene rings is 1. The molecular weight excluding hydrogens is 250 g/mol. The van der Waals surface area contributed by atoms with Crippen molar-refractivity contribution in [3.63, 3.8) is 0 Å². The number of aromatic nitrogens is 3. The van der Waals surface area contributed by atoms with Crippen molar-refractivity contribution in [3.8, 4) is 5.75 Å². The Labute approximate surface area is 109 Å². The first kappa shape index (κ1) is 13.0. The molecule has 0 saturated carbocycles. The van der Waals surface area contributed by atoms with Gasteiger partial charge in [0.2, 0.25) is 0 Å². The van der Waals surface area contributed by atoms with Crippen molar-refractivity contribution in [1.82, 2.24) is 14.8 Å². The van der Waals surface area contributed by atoms with Gasteiger partial charge in [-0.3, -0.25) is 4.68 Å². The smallest absolute Gasteiger partial charge is 0.335 e. The summed E-state index contributed by atoms with van der Waals surface area (Å²) in [6.45, 7) is 0.374. The van der Waals surface area contributed by atoms with Gasteiger partial charge in [-0.2, -0.15) is 5.10 Å². The maximum Gasteiger partial charge on any atom is 0.335 e. The summed E-state index contributed by atoms with van der Waals surface area (Å²) in [4.78, 5) is 14.4. The van der Waals surface area contributed by atoms with Gasteiger partial charge in [-0.05, 0) is 24.3 Å². The first-order chi connectivity index (χ1) is 9.15. The van der Waals surface area contributed by atoms with Crippen molar-refractivity contribution in [2.75, 3.05) is 6.61 Å². The van der Waals surface area contributed by atoms with Crippen molar-refractivity contribution in [1.29, 1.82) is 0 Å². The van der Waals surface area contributed by atoms with Crippen LogP contribution in [0.15, 0.2) is 36.9 Å². The predicted octanol–water partition coefficient (Wildman–Crippen LogP) is 0.416. The molecule has 100 valence electrons. The first-order valence-corrected chi connectivity index (χ1v) is 5.62. The van der Waals surface area contributed by atoms with E-state index < -0.39 is 12.1 Å². The van der Waals surface area contributed by atoms with Crippen LogP contribution in [0.2, 0.25) is 0 Å². The third-order valence-corrected chi connectivity index (χ3v) is 2.41. The summed E-state index contributed by atoms with van der Waals surface area (Å²) in [5, 5.41) is 22.3. The molecule has 2 aromatic rings. The fourth-order valence-corrected chi connectivity index (χ4v) is 1.48. The summed E-state index contributed by atoms with van der Waals surface area (Å²) in [7, 11) is 0. The van der Waals surface area contributed by atoms with Crippen LogP contribution in [0.3, 0.4) is 0 Å². The number of rotatable bonds is 6. The lowest BCUT2D eigenvalue weighted by atomic mass is 10.2. The number of carboxylic acid groups (broad SMARTS) is 1. The van der Waals surface area contributed by atoms with Gasteiger partial charge in [0.15, 0.2) is 0 Å². The van der Waals surface area contributed by atoms with Crippen LogP contribution in [0.1, 0.15) is 10.4 Å². The van der Waals surface area contributed by atoms with Gasteiger partial charge < -0.3 is 14.9 Å². The second-order valence-electron chi connectivity index (χ2n) is 3.91. The first-order valence-electron chi connectivity index (χ1n) is 5.62. The largest absolute Gasteiger partial charge is 0.491 e. The molecule has 1 aromatic carbocycles. The Morgan fingerprint density at radius 2 is 2.11 bits per heavy atom. The van der Waals surface area contributed by atoms with E-state index in [0.717, 1.165) is 0 Å². The lowest BCUT2D eigenvalue weighted by molar-refractivity contribution is 0.0696. The number of hydrogen-bond donors (Lipinski definition) is 2. The van der Waals surface area contributed by atoms with Crippen molar-refractivity contribution in [3.05, 3.63) is 42.5 Å². The number of aliphatic hydroxyl groups excluding tert-OH is 1. The van der Waals surface area contributed by atoms with Gasteiger partial charge in [-0.25, -0.2) is 9.78 Å². The minimum atomic E-state index is -0.988.